The van der Waals surface area contributed by atoms with Crippen LogP contribution in [-0.4, -0.2) is 12.6 Å². The predicted molar refractivity (Wildman–Crippen MR) is 272 cm³/mol. The molecular weight excluding hydrogens is 793 g/mol. The van der Waals surface area contributed by atoms with Crippen LogP contribution in [0.3, 0.4) is 0 Å². The number of hydrogen-bond donors (Lipinski definition) is 0. The van der Waals surface area contributed by atoms with E-state index >= 15 is 0 Å². The molecule has 0 saturated carbocycles. The molecule has 302 valence electrons. The first-order valence-corrected chi connectivity index (χ1v) is 23.9. The van der Waals surface area contributed by atoms with Gasteiger partial charge in [-0.1, -0.05) is 194 Å². The molecule has 0 atom stereocenters. The number of anilines is 3. The van der Waals surface area contributed by atoms with Crippen molar-refractivity contribution in [2.75, 3.05) is 4.90 Å². The zero-order valence-corrected chi connectivity index (χ0v) is 36.1. The molecule has 12 aromatic rings. The van der Waals surface area contributed by atoms with Crippen molar-refractivity contribution in [3.63, 3.8) is 0 Å². The van der Waals surface area contributed by atoms with E-state index in [1.807, 2.05) is 6.07 Å². The Labute approximate surface area is 373 Å². The fourth-order valence-corrected chi connectivity index (χ4v) is 14.8. The molecule has 12 rings (SSSR count). The number of furan rings is 1. The number of para-hydroxylation sites is 4. The second-order valence-corrected chi connectivity index (χ2v) is 20.3. The number of fused-ring (bicyclic) bond motifs is 6. The van der Waals surface area contributed by atoms with Crippen molar-refractivity contribution in [2.24, 2.45) is 0 Å². The summed E-state index contributed by atoms with van der Waals surface area (Å²) in [5.74, 6) is 0. The molecule has 0 aliphatic carbocycles. The first-order chi connectivity index (χ1) is 31.8. The van der Waals surface area contributed by atoms with E-state index in [9.17, 15) is 0 Å². The molecule has 0 radical (unpaired) electrons. The van der Waals surface area contributed by atoms with Gasteiger partial charge in [0.25, 0.3) is 0 Å². The average molecular weight is 835 g/mol. The van der Waals surface area contributed by atoms with Gasteiger partial charge in [-0.2, -0.15) is 0 Å². The summed E-state index contributed by atoms with van der Waals surface area (Å²) in [6.45, 7) is 0. The summed E-state index contributed by atoms with van der Waals surface area (Å²) in [5, 5.41) is 10.1. The third-order valence-electron chi connectivity index (χ3n) is 13.0. The molecule has 64 heavy (non-hydrogen) atoms. The van der Waals surface area contributed by atoms with Crippen molar-refractivity contribution in [3.8, 4) is 16.8 Å². The van der Waals surface area contributed by atoms with Crippen LogP contribution in [0.4, 0.5) is 17.1 Å². The SMILES string of the molecule is c1ccc([Si](c2ccccc2)(c2ccccc2)c2ccc(N(c3ccc(-c4ccc(-n5c6ccccc6c6ccccc65)cc4)cc3)c3cccc4c3oc3ccccc34)cc2)cc1. The lowest BCUT2D eigenvalue weighted by atomic mass is 10.0. The van der Waals surface area contributed by atoms with E-state index in [-0.39, 0.29) is 0 Å². The zero-order valence-electron chi connectivity index (χ0n) is 35.1. The summed E-state index contributed by atoms with van der Waals surface area (Å²) in [5.41, 5.74) is 10.7. The fraction of sp³-hybridized carbons (Fsp3) is 0. The van der Waals surface area contributed by atoms with Crippen molar-refractivity contribution >= 4 is 89.6 Å². The Hall–Kier alpha value is -8.18. The number of nitrogens with zero attached hydrogens (tertiary/aromatic N) is 2. The summed E-state index contributed by atoms with van der Waals surface area (Å²) < 4.78 is 9.08. The molecule has 10 aromatic carbocycles. The van der Waals surface area contributed by atoms with Crippen molar-refractivity contribution in [1.29, 1.82) is 0 Å². The number of benzene rings is 10. The molecule has 0 aliphatic heterocycles. The molecule has 4 heteroatoms. The summed E-state index contributed by atoms with van der Waals surface area (Å²) in [4.78, 5) is 2.35. The Bertz CT molecular complexity index is 3430. The number of hydrogen-bond acceptors (Lipinski definition) is 2. The van der Waals surface area contributed by atoms with Gasteiger partial charge in [0.15, 0.2) is 13.7 Å². The van der Waals surface area contributed by atoms with Crippen molar-refractivity contribution in [1.82, 2.24) is 4.57 Å². The van der Waals surface area contributed by atoms with Gasteiger partial charge in [-0.25, -0.2) is 0 Å². The van der Waals surface area contributed by atoms with Gasteiger partial charge in [-0.05, 0) is 92.5 Å². The largest absolute Gasteiger partial charge is 0.454 e. The second kappa shape index (κ2) is 15.6. The molecule has 0 saturated heterocycles. The first-order valence-electron chi connectivity index (χ1n) is 21.9. The summed E-state index contributed by atoms with van der Waals surface area (Å²) in [6.07, 6.45) is 0. The Morgan fingerprint density at radius 3 is 1.30 bits per heavy atom. The van der Waals surface area contributed by atoms with Crippen LogP contribution in [0.1, 0.15) is 0 Å². The lowest BCUT2D eigenvalue weighted by Gasteiger charge is -2.35. The van der Waals surface area contributed by atoms with Crippen LogP contribution in [-0.2, 0) is 0 Å². The van der Waals surface area contributed by atoms with Gasteiger partial charge in [0.2, 0.25) is 0 Å². The smallest absolute Gasteiger partial charge is 0.179 e. The second-order valence-electron chi connectivity index (χ2n) is 16.4. The maximum atomic E-state index is 6.71. The van der Waals surface area contributed by atoms with Gasteiger partial charge in [-0.3, -0.25) is 0 Å². The number of aromatic nitrogens is 1. The average Bonchev–Trinajstić information content (AvgIpc) is 3.93. The third-order valence-corrected chi connectivity index (χ3v) is 17.8. The molecule has 2 aromatic heterocycles. The van der Waals surface area contributed by atoms with E-state index in [2.05, 4.69) is 258 Å². The molecule has 0 unspecified atom stereocenters. The van der Waals surface area contributed by atoms with Gasteiger partial charge in [-0.15, -0.1) is 0 Å². The minimum absolute atomic E-state index is 0.860. The van der Waals surface area contributed by atoms with Crippen LogP contribution in [0.15, 0.2) is 259 Å². The summed E-state index contributed by atoms with van der Waals surface area (Å²) in [6, 6.07) is 92.7. The van der Waals surface area contributed by atoms with Crippen molar-refractivity contribution in [2.45, 2.75) is 0 Å². The molecule has 0 fully saturated rings. The minimum atomic E-state index is -2.71. The topological polar surface area (TPSA) is 21.3 Å². The highest BCUT2D eigenvalue weighted by Gasteiger charge is 2.41. The Morgan fingerprint density at radius 1 is 0.328 bits per heavy atom. The lowest BCUT2D eigenvalue weighted by Crippen LogP contribution is -2.74. The zero-order chi connectivity index (χ0) is 42.5. The predicted octanol–water partition coefficient (Wildman–Crippen LogP) is 13.2. The van der Waals surface area contributed by atoms with E-state index in [1.54, 1.807) is 0 Å². The molecule has 0 spiro atoms. The fourth-order valence-electron chi connectivity index (χ4n) is 10.1. The normalized spacial score (nSPS) is 11.8. The van der Waals surface area contributed by atoms with Crippen LogP contribution >= 0.6 is 0 Å². The van der Waals surface area contributed by atoms with Gasteiger partial charge in [0.1, 0.15) is 5.58 Å². The highest BCUT2D eigenvalue weighted by molar-refractivity contribution is 7.19. The highest BCUT2D eigenvalue weighted by atomic mass is 28.3. The monoisotopic (exact) mass is 834 g/mol. The quantitative estimate of drug-likeness (QED) is 0.107. The molecular formula is C60H42N2OSi. The van der Waals surface area contributed by atoms with Gasteiger partial charge < -0.3 is 13.9 Å². The summed E-state index contributed by atoms with van der Waals surface area (Å²) >= 11 is 0. The van der Waals surface area contributed by atoms with E-state index in [0.29, 0.717) is 0 Å². The van der Waals surface area contributed by atoms with E-state index in [4.69, 9.17) is 4.42 Å². The van der Waals surface area contributed by atoms with Crippen LogP contribution in [0.2, 0.25) is 0 Å². The van der Waals surface area contributed by atoms with E-state index in [0.717, 1.165) is 55.8 Å². The molecule has 0 aliphatic rings. The number of rotatable bonds is 9. The van der Waals surface area contributed by atoms with Gasteiger partial charge >= 0.3 is 0 Å². The van der Waals surface area contributed by atoms with E-state index in [1.165, 1.54) is 42.6 Å². The standard InChI is InChI=1S/C60H42N2OSi/c1-4-17-48(18-5-1)64(49-19-6-2-7-20-49,50-21-8-3-9-22-50)51-41-39-46(40-42-51)61(58-29-16-26-55-54-25-12-15-30-59(54)63-60(55)58)45-35-31-43(32-36-45)44-33-37-47(38-34-44)62-56-27-13-10-23-52(56)53-24-11-14-28-57(53)62/h1-42H. The first kappa shape index (κ1) is 37.6. The third kappa shape index (κ3) is 6.10. The highest BCUT2D eigenvalue weighted by Crippen LogP contribution is 2.42. The Morgan fingerprint density at radius 2 is 0.750 bits per heavy atom. The molecule has 0 N–H and O–H groups in total. The van der Waals surface area contributed by atoms with Gasteiger partial charge in [0, 0.05) is 38.6 Å². The van der Waals surface area contributed by atoms with Crippen molar-refractivity contribution < 1.29 is 4.42 Å². The van der Waals surface area contributed by atoms with Crippen LogP contribution < -0.4 is 25.6 Å². The summed E-state index contributed by atoms with van der Waals surface area (Å²) in [7, 11) is -2.71. The van der Waals surface area contributed by atoms with Crippen LogP contribution in [0.25, 0.3) is 60.6 Å². The van der Waals surface area contributed by atoms with E-state index < -0.39 is 8.07 Å². The van der Waals surface area contributed by atoms with Gasteiger partial charge in [0.05, 0.1) is 16.7 Å². The van der Waals surface area contributed by atoms with Crippen LogP contribution in [0, 0.1) is 0 Å². The Kier molecular flexibility index (Phi) is 9.17. The minimum Gasteiger partial charge on any atom is -0.454 e. The van der Waals surface area contributed by atoms with Crippen LogP contribution in [0.5, 0.6) is 0 Å². The molecule has 0 amide bonds. The van der Waals surface area contributed by atoms with Crippen molar-refractivity contribution in [3.05, 3.63) is 255 Å². The maximum absolute atomic E-state index is 6.71. The maximum Gasteiger partial charge on any atom is 0.179 e. The molecule has 0 bridgehead atoms. The molecule has 3 nitrogen and oxygen atoms in total. The lowest BCUT2D eigenvalue weighted by molar-refractivity contribution is 0.669. The Balaban J connectivity index is 0.977. The molecule has 2 heterocycles.